The fraction of sp³-hybridized carbons (Fsp3) is 0.545. The molecule has 2 N–H and O–H groups in total. The molecular weight excluding hydrogens is 256 g/mol. The average Bonchev–Trinajstić information content (AvgIpc) is 2.70. The molecular formula is C11H18N2O2S2. The number of hydrogen-bond acceptors (Lipinski definition) is 4. The van der Waals surface area contributed by atoms with Gasteiger partial charge in [0.15, 0.2) is 0 Å². The molecule has 6 heteroatoms. The summed E-state index contributed by atoms with van der Waals surface area (Å²) in [5.41, 5.74) is 0.867. The normalized spacial score (nSPS) is 12.4. The van der Waals surface area contributed by atoms with Crippen molar-refractivity contribution in [2.24, 2.45) is 0 Å². The van der Waals surface area contributed by atoms with E-state index in [9.17, 15) is 9.00 Å². The maximum atomic E-state index is 11.2. The fourth-order valence-electron chi connectivity index (χ4n) is 1.31. The Hall–Kier alpha value is -0.720. The summed E-state index contributed by atoms with van der Waals surface area (Å²) in [6.45, 7) is 4.86. The average molecular weight is 274 g/mol. The van der Waals surface area contributed by atoms with Crippen molar-refractivity contribution in [3.05, 3.63) is 16.3 Å². The van der Waals surface area contributed by atoms with E-state index in [1.54, 1.807) is 11.3 Å². The molecule has 0 aromatic carbocycles. The lowest BCUT2D eigenvalue weighted by atomic mass is 10.3. The first-order valence-corrected chi connectivity index (χ1v) is 7.90. The molecule has 17 heavy (non-hydrogen) atoms. The molecule has 96 valence electrons. The molecule has 1 atom stereocenters. The van der Waals surface area contributed by atoms with Gasteiger partial charge in [-0.2, -0.15) is 0 Å². The van der Waals surface area contributed by atoms with E-state index in [1.165, 1.54) is 6.92 Å². The van der Waals surface area contributed by atoms with E-state index in [0.717, 1.165) is 17.1 Å². The van der Waals surface area contributed by atoms with Crippen molar-refractivity contribution in [2.75, 3.05) is 23.4 Å². The summed E-state index contributed by atoms with van der Waals surface area (Å²) in [6.07, 6.45) is 0. The van der Waals surface area contributed by atoms with E-state index in [2.05, 4.69) is 10.6 Å². The first-order valence-electron chi connectivity index (χ1n) is 5.53. The van der Waals surface area contributed by atoms with Crippen molar-refractivity contribution in [3.63, 3.8) is 0 Å². The molecule has 1 amide bonds. The Labute approximate surface area is 108 Å². The molecule has 0 spiro atoms. The second-order valence-electron chi connectivity index (χ2n) is 3.55. The van der Waals surface area contributed by atoms with Crippen LogP contribution < -0.4 is 10.6 Å². The van der Waals surface area contributed by atoms with E-state index in [-0.39, 0.29) is 5.91 Å². The maximum Gasteiger partial charge on any atom is 0.221 e. The highest BCUT2D eigenvalue weighted by Gasteiger charge is 2.05. The molecule has 0 aliphatic carbocycles. The van der Waals surface area contributed by atoms with Gasteiger partial charge >= 0.3 is 0 Å². The minimum absolute atomic E-state index is 0.0586. The van der Waals surface area contributed by atoms with Crippen LogP contribution >= 0.6 is 11.3 Å². The highest BCUT2D eigenvalue weighted by molar-refractivity contribution is 7.84. The van der Waals surface area contributed by atoms with Gasteiger partial charge in [0.25, 0.3) is 0 Å². The number of anilines is 1. The molecule has 1 unspecified atom stereocenters. The van der Waals surface area contributed by atoms with Crippen molar-refractivity contribution in [1.82, 2.24) is 5.32 Å². The Morgan fingerprint density at radius 1 is 1.53 bits per heavy atom. The first-order chi connectivity index (χ1) is 8.13. The minimum atomic E-state index is -0.719. The minimum Gasteiger partial charge on any atom is -0.325 e. The smallest absolute Gasteiger partial charge is 0.221 e. The Morgan fingerprint density at radius 3 is 2.94 bits per heavy atom. The molecule has 4 nitrogen and oxygen atoms in total. The Kier molecular flexibility index (Phi) is 6.39. The lowest BCUT2D eigenvalue weighted by Gasteiger charge is -2.06. The summed E-state index contributed by atoms with van der Waals surface area (Å²) >= 11 is 1.60. The van der Waals surface area contributed by atoms with Gasteiger partial charge in [0, 0.05) is 47.2 Å². The highest BCUT2D eigenvalue weighted by Crippen LogP contribution is 2.21. The number of thiophene rings is 1. The van der Waals surface area contributed by atoms with E-state index in [0.29, 0.717) is 18.1 Å². The summed E-state index contributed by atoms with van der Waals surface area (Å²) in [5.74, 6) is 1.33. The third-order valence-corrected chi connectivity index (χ3v) is 4.39. The van der Waals surface area contributed by atoms with Gasteiger partial charge in [-0.05, 0) is 11.4 Å². The van der Waals surface area contributed by atoms with Crippen LogP contribution in [0.3, 0.4) is 0 Å². The Balaban J connectivity index is 2.34. The van der Waals surface area contributed by atoms with Gasteiger partial charge in [-0.1, -0.05) is 6.92 Å². The van der Waals surface area contributed by atoms with Crippen LogP contribution in [-0.2, 0) is 22.1 Å². The monoisotopic (exact) mass is 274 g/mol. The predicted molar refractivity (Wildman–Crippen MR) is 73.9 cm³/mol. The largest absolute Gasteiger partial charge is 0.325 e. The van der Waals surface area contributed by atoms with Crippen molar-refractivity contribution in [1.29, 1.82) is 0 Å². The van der Waals surface area contributed by atoms with Crippen LogP contribution in [0.2, 0.25) is 0 Å². The van der Waals surface area contributed by atoms with Gasteiger partial charge in [0.2, 0.25) is 5.91 Å². The SMILES string of the molecule is CCS(=O)CCNCc1sccc1NC(C)=O. The zero-order chi connectivity index (χ0) is 12.7. The van der Waals surface area contributed by atoms with E-state index < -0.39 is 10.8 Å². The molecule has 0 aliphatic rings. The van der Waals surface area contributed by atoms with Crippen LogP contribution in [-0.4, -0.2) is 28.2 Å². The molecule has 0 bridgehead atoms. The van der Waals surface area contributed by atoms with Crippen LogP contribution in [0.25, 0.3) is 0 Å². The van der Waals surface area contributed by atoms with Crippen LogP contribution in [0.5, 0.6) is 0 Å². The molecule has 0 saturated heterocycles. The molecule has 1 heterocycles. The maximum absolute atomic E-state index is 11.2. The van der Waals surface area contributed by atoms with Gasteiger partial charge in [0.1, 0.15) is 0 Å². The second-order valence-corrected chi connectivity index (χ2v) is 6.41. The predicted octanol–water partition coefficient (Wildman–Crippen LogP) is 1.56. The zero-order valence-electron chi connectivity index (χ0n) is 10.1. The second kappa shape index (κ2) is 7.58. The van der Waals surface area contributed by atoms with Gasteiger partial charge in [0.05, 0.1) is 5.69 Å². The van der Waals surface area contributed by atoms with Crippen LogP contribution in [0.15, 0.2) is 11.4 Å². The number of nitrogens with one attached hydrogen (secondary N) is 2. The third kappa shape index (κ3) is 5.43. The lowest BCUT2D eigenvalue weighted by Crippen LogP contribution is -2.20. The van der Waals surface area contributed by atoms with Gasteiger partial charge < -0.3 is 10.6 Å². The topological polar surface area (TPSA) is 58.2 Å². The van der Waals surface area contributed by atoms with Gasteiger partial charge in [-0.25, -0.2) is 0 Å². The Bertz CT molecular complexity index is 391. The van der Waals surface area contributed by atoms with Crippen molar-refractivity contribution >= 4 is 33.7 Å². The fourth-order valence-corrected chi connectivity index (χ4v) is 2.77. The van der Waals surface area contributed by atoms with E-state index in [1.807, 2.05) is 18.4 Å². The van der Waals surface area contributed by atoms with Crippen molar-refractivity contribution in [3.8, 4) is 0 Å². The number of carbonyl (C=O) groups is 1. The molecule has 0 saturated carbocycles. The van der Waals surface area contributed by atoms with E-state index >= 15 is 0 Å². The number of hydrogen-bond donors (Lipinski definition) is 2. The summed E-state index contributed by atoms with van der Waals surface area (Å²) in [4.78, 5) is 12.1. The first kappa shape index (κ1) is 14.3. The number of amides is 1. The Morgan fingerprint density at radius 2 is 2.29 bits per heavy atom. The van der Waals surface area contributed by atoms with Crippen molar-refractivity contribution in [2.45, 2.75) is 20.4 Å². The number of rotatable bonds is 7. The molecule has 1 rings (SSSR count). The van der Waals surface area contributed by atoms with Crippen molar-refractivity contribution < 1.29 is 9.00 Å². The summed E-state index contributed by atoms with van der Waals surface area (Å²) in [5, 5.41) is 7.97. The van der Waals surface area contributed by atoms with Crippen LogP contribution in [0.1, 0.15) is 18.7 Å². The summed E-state index contributed by atoms with van der Waals surface area (Å²) in [6, 6.07) is 1.90. The standard InChI is InChI=1S/C11H18N2O2S2/c1-3-17(15)7-5-12-8-11-10(4-6-16-11)13-9(2)14/h4,6,12H,3,5,7-8H2,1-2H3,(H,13,14). The van der Waals surface area contributed by atoms with Crippen LogP contribution in [0.4, 0.5) is 5.69 Å². The quantitative estimate of drug-likeness (QED) is 0.742. The van der Waals surface area contributed by atoms with E-state index in [4.69, 9.17) is 0 Å². The lowest BCUT2D eigenvalue weighted by molar-refractivity contribution is -0.114. The molecule has 0 aliphatic heterocycles. The summed E-state index contributed by atoms with van der Waals surface area (Å²) in [7, 11) is -0.719. The molecule has 0 radical (unpaired) electrons. The summed E-state index contributed by atoms with van der Waals surface area (Å²) < 4.78 is 11.2. The van der Waals surface area contributed by atoms with Crippen LogP contribution in [0, 0.1) is 0 Å². The highest BCUT2D eigenvalue weighted by atomic mass is 32.2. The molecule has 0 fully saturated rings. The molecule has 1 aromatic rings. The third-order valence-electron chi connectivity index (χ3n) is 2.17. The van der Waals surface area contributed by atoms with Gasteiger partial charge in [-0.3, -0.25) is 9.00 Å². The molecule has 1 aromatic heterocycles. The van der Waals surface area contributed by atoms with Gasteiger partial charge in [-0.15, -0.1) is 11.3 Å². The zero-order valence-corrected chi connectivity index (χ0v) is 11.7. The number of carbonyl (C=O) groups excluding carboxylic acids is 1.